The van der Waals surface area contributed by atoms with Gasteiger partial charge in [-0.15, -0.1) is 0 Å². The highest BCUT2D eigenvalue weighted by Crippen LogP contribution is 2.28. The van der Waals surface area contributed by atoms with E-state index in [4.69, 9.17) is 0 Å². The summed E-state index contributed by atoms with van der Waals surface area (Å²) in [6.07, 6.45) is 7.09. The predicted molar refractivity (Wildman–Crippen MR) is 88.1 cm³/mol. The van der Waals surface area contributed by atoms with Gasteiger partial charge in [0.15, 0.2) is 5.69 Å². The molecule has 1 saturated carbocycles. The minimum atomic E-state index is -0.101. The maximum absolute atomic E-state index is 12.5. The third kappa shape index (κ3) is 3.87. The minimum absolute atomic E-state index is 0.101. The maximum atomic E-state index is 12.5. The van der Waals surface area contributed by atoms with Crippen molar-refractivity contribution in [3.63, 3.8) is 0 Å². The Balaban J connectivity index is 2.12. The molecule has 0 bridgehead atoms. The van der Waals surface area contributed by atoms with E-state index in [-0.39, 0.29) is 17.9 Å². The van der Waals surface area contributed by atoms with E-state index in [0.29, 0.717) is 22.5 Å². The van der Waals surface area contributed by atoms with Crippen LogP contribution in [-0.4, -0.2) is 40.5 Å². The second kappa shape index (κ2) is 7.11. The number of carbonyl (C=O) groups excluding carboxylic acids is 1. The van der Waals surface area contributed by atoms with E-state index < -0.39 is 0 Å². The minimum Gasteiger partial charge on any atom is -0.385 e. The summed E-state index contributed by atoms with van der Waals surface area (Å²) in [7, 11) is 1.78. The number of nitrogens with one attached hydrogen (secondary N) is 2. The molecule has 6 heteroatoms. The number of hydrogen-bond donors (Lipinski definition) is 2. The standard InChI is InChI=1S/C15H24N4OS/c1-9(2)14-17-8-12(16-3)13(19-14)15(20)18-10-5-6-11(7-10)21-4/h8-11,16H,5-7H2,1-4H3,(H,18,20). The molecule has 0 radical (unpaired) electrons. The zero-order valence-electron chi connectivity index (χ0n) is 13.1. The average molecular weight is 308 g/mol. The van der Waals surface area contributed by atoms with Gasteiger partial charge in [-0.3, -0.25) is 4.79 Å². The molecule has 1 fully saturated rings. The van der Waals surface area contributed by atoms with Crippen LogP contribution >= 0.6 is 11.8 Å². The van der Waals surface area contributed by atoms with Gasteiger partial charge in [0.25, 0.3) is 5.91 Å². The highest BCUT2D eigenvalue weighted by molar-refractivity contribution is 7.99. The molecule has 2 atom stereocenters. The average Bonchev–Trinajstić information content (AvgIpc) is 2.94. The molecule has 116 valence electrons. The van der Waals surface area contributed by atoms with Gasteiger partial charge in [-0.25, -0.2) is 9.97 Å². The predicted octanol–water partition coefficient (Wildman–Crippen LogP) is 2.66. The molecule has 1 amide bonds. The van der Waals surface area contributed by atoms with Gasteiger partial charge in [0, 0.05) is 24.3 Å². The molecule has 2 unspecified atom stereocenters. The zero-order chi connectivity index (χ0) is 15.4. The van der Waals surface area contributed by atoms with Crippen molar-refractivity contribution in [2.75, 3.05) is 18.6 Å². The Labute approximate surface area is 130 Å². The summed E-state index contributed by atoms with van der Waals surface area (Å²) in [6, 6.07) is 0.261. The summed E-state index contributed by atoms with van der Waals surface area (Å²) in [5.74, 6) is 0.803. The third-order valence-electron chi connectivity index (χ3n) is 3.86. The van der Waals surface area contributed by atoms with Crippen LogP contribution < -0.4 is 10.6 Å². The van der Waals surface area contributed by atoms with Crippen molar-refractivity contribution < 1.29 is 4.79 Å². The molecule has 1 heterocycles. The Morgan fingerprint density at radius 3 is 2.76 bits per heavy atom. The van der Waals surface area contributed by atoms with Crippen LogP contribution in [-0.2, 0) is 0 Å². The first-order valence-corrected chi connectivity index (χ1v) is 8.72. The lowest BCUT2D eigenvalue weighted by Gasteiger charge is -2.15. The van der Waals surface area contributed by atoms with Crippen LogP contribution in [0.15, 0.2) is 6.20 Å². The Kier molecular flexibility index (Phi) is 5.45. The summed E-state index contributed by atoms with van der Waals surface area (Å²) in [5.41, 5.74) is 1.13. The summed E-state index contributed by atoms with van der Waals surface area (Å²) in [5, 5.41) is 6.78. The van der Waals surface area contributed by atoms with Gasteiger partial charge < -0.3 is 10.6 Å². The Bertz CT molecular complexity index is 506. The number of amides is 1. The number of aromatic nitrogens is 2. The molecule has 0 aliphatic heterocycles. The highest BCUT2D eigenvalue weighted by Gasteiger charge is 2.26. The van der Waals surface area contributed by atoms with E-state index in [1.54, 1.807) is 13.2 Å². The van der Waals surface area contributed by atoms with Crippen LogP contribution in [0.1, 0.15) is 55.3 Å². The zero-order valence-corrected chi connectivity index (χ0v) is 14.0. The molecule has 21 heavy (non-hydrogen) atoms. The first-order chi connectivity index (χ1) is 10.0. The fraction of sp³-hybridized carbons (Fsp3) is 0.667. The summed E-state index contributed by atoms with van der Waals surface area (Å²) >= 11 is 1.88. The monoisotopic (exact) mass is 308 g/mol. The van der Waals surface area contributed by atoms with E-state index in [9.17, 15) is 4.79 Å². The quantitative estimate of drug-likeness (QED) is 0.875. The highest BCUT2D eigenvalue weighted by atomic mass is 32.2. The molecule has 2 N–H and O–H groups in total. The van der Waals surface area contributed by atoms with E-state index in [1.807, 2.05) is 25.6 Å². The van der Waals surface area contributed by atoms with Crippen LogP contribution in [0.2, 0.25) is 0 Å². The summed E-state index contributed by atoms with van der Waals surface area (Å²) in [6.45, 7) is 4.05. The molecule has 1 aromatic heterocycles. The molecule has 0 saturated heterocycles. The van der Waals surface area contributed by atoms with E-state index in [2.05, 4.69) is 26.9 Å². The molecular weight excluding hydrogens is 284 g/mol. The van der Waals surface area contributed by atoms with Gasteiger partial charge in [-0.2, -0.15) is 11.8 Å². The van der Waals surface area contributed by atoms with Crippen LogP contribution in [0.4, 0.5) is 5.69 Å². The van der Waals surface area contributed by atoms with Gasteiger partial charge >= 0.3 is 0 Å². The lowest BCUT2D eigenvalue weighted by atomic mass is 10.2. The van der Waals surface area contributed by atoms with Crippen LogP contribution in [0.25, 0.3) is 0 Å². The first kappa shape index (κ1) is 16.1. The van der Waals surface area contributed by atoms with Crippen molar-refractivity contribution in [2.45, 2.75) is 50.3 Å². The lowest BCUT2D eigenvalue weighted by Crippen LogP contribution is -2.34. The van der Waals surface area contributed by atoms with Crippen molar-refractivity contribution in [2.24, 2.45) is 0 Å². The number of rotatable bonds is 5. The lowest BCUT2D eigenvalue weighted by molar-refractivity contribution is 0.0933. The number of carbonyl (C=O) groups is 1. The van der Waals surface area contributed by atoms with Crippen molar-refractivity contribution in [3.05, 3.63) is 17.7 Å². The normalized spacial score (nSPS) is 21.6. The number of hydrogen-bond acceptors (Lipinski definition) is 5. The molecule has 1 aliphatic carbocycles. The largest absolute Gasteiger partial charge is 0.385 e. The molecule has 0 aromatic carbocycles. The third-order valence-corrected chi connectivity index (χ3v) is 4.96. The number of anilines is 1. The van der Waals surface area contributed by atoms with Crippen molar-refractivity contribution >= 4 is 23.4 Å². The van der Waals surface area contributed by atoms with Crippen LogP contribution in [0.3, 0.4) is 0 Å². The molecule has 1 aliphatic rings. The molecule has 2 rings (SSSR count). The summed E-state index contributed by atoms with van der Waals surface area (Å²) in [4.78, 5) is 21.2. The topological polar surface area (TPSA) is 66.9 Å². The van der Waals surface area contributed by atoms with Crippen molar-refractivity contribution in [1.82, 2.24) is 15.3 Å². The van der Waals surface area contributed by atoms with Crippen molar-refractivity contribution in [3.8, 4) is 0 Å². The van der Waals surface area contributed by atoms with E-state index in [0.717, 1.165) is 12.8 Å². The molecule has 1 aromatic rings. The van der Waals surface area contributed by atoms with Crippen LogP contribution in [0.5, 0.6) is 0 Å². The van der Waals surface area contributed by atoms with Gasteiger partial charge in [0.1, 0.15) is 5.82 Å². The maximum Gasteiger partial charge on any atom is 0.272 e. The number of thioether (sulfide) groups is 1. The van der Waals surface area contributed by atoms with Crippen LogP contribution in [0, 0.1) is 0 Å². The van der Waals surface area contributed by atoms with E-state index in [1.165, 1.54) is 6.42 Å². The van der Waals surface area contributed by atoms with E-state index >= 15 is 0 Å². The first-order valence-electron chi connectivity index (χ1n) is 7.43. The second-order valence-corrected chi connectivity index (χ2v) is 6.87. The SMILES string of the molecule is CNc1cnc(C(C)C)nc1C(=O)NC1CCC(SC)C1. The van der Waals surface area contributed by atoms with Gasteiger partial charge in [0.2, 0.25) is 0 Å². The van der Waals surface area contributed by atoms with Crippen molar-refractivity contribution in [1.29, 1.82) is 0 Å². The molecular formula is C15H24N4OS. The Morgan fingerprint density at radius 1 is 1.43 bits per heavy atom. The fourth-order valence-corrected chi connectivity index (χ4v) is 3.37. The van der Waals surface area contributed by atoms with Gasteiger partial charge in [0.05, 0.1) is 11.9 Å². The fourth-order valence-electron chi connectivity index (χ4n) is 2.57. The van der Waals surface area contributed by atoms with Gasteiger partial charge in [-0.1, -0.05) is 13.8 Å². The number of nitrogens with zero attached hydrogens (tertiary/aromatic N) is 2. The van der Waals surface area contributed by atoms with Gasteiger partial charge in [-0.05, 0) is 25.5 Å². The summed E-state index contributed by atoms with van der Waals surface area (Å²) < 4.78 is 0. The molecule has 5 nitrogen and oxygen atoms in total. The second-order valence-electron chi connectivity index (χ2n) is 5.74. The Morgan fingerprint density at radius 2 is 2.19 bits per heavy atom. The smallest absolute Gasteiger partial charge is 0.272 e. The Hall–Kier alpha value is -1.30. The molecule has 0 spiro atoms.